The van der Waals surface area contributed by atoms with E-state index in [0.29, 0.717) is 12.8 Å². The average Bonchev–Trinajstić information content (AvgIpc) is 3.12. The SMILES string of the molecule is C[C@@H](NC(=O)Cc1ccsc1)C(CC(CC(=O)O)OBO)c1ccccc1. The molecule has 0 radical (unpaired) electrons. The lowest BCUT2D eigenvalue weighted by Gasteiger charge is -2.29. The Kier molecular flexibility index (Phi) is 8.51. The number of rotatable bonds is 11. The van der Waals surface area contributed by atoms with Crippen LogP contribution in [-0.4, -0.2) is 41.8 Å². The van der Waals surface area contributed by atoms with Crippen molar-refractivity contribution < 1.29 is 24.4 Å². The fraction of sp³-hybridized carbons (Fsp3) is 0.368. The smallest absolute Gasteiger partial charge is 0.435 e. The molecule has 0 saturated heterocycles. The molecule has 2 rings (SSSR count). The van der Waals surface area contributed by atoms with Gasteiger partial charge in [0.2, 0.25) is 5.91 Å². The highest BCUT2D eigenvalue weighted by Crippen LogP contribution is 2.27. The molecule has 3 atom stereocenters. The van der Waals surface area contributed by atoms with Gasteiger partial charge in [-0.3, -0.25) is 9.59 Å². The van der Waals surface area contributed by atoms with Crippen LogP contribution in [0.5, 0.6) is 0 Å². The summed E-state index contributed by atoms with van der Waals surface area (Å²) in [6.07, 6.45) is -0.175. The maximum atomic E-state index is 12.4. The lowest BCUT2D eigenvalue weighted by molar-refractivity contribution is -0.139. The molecule has 0 aliphatic carbocycles. The van der Waals surface area contributed by atoms with E-state index in [9.17, 15) is 9.59 Å². The largest absolute Gasteiger partial charge is 0.481 e. The highest BCUT2D eigenvalue weighted by atomic mass is 32.1. The second kappa shape index (κ2) is 10.9. The maximum Gasteiger partial charge on any atom is 0.435 e. The number of thiophene rings is 1. The third kappa shape index (κ3) is 7.17. The zero-order chi connectivity index (χ0) is 19.6. The molecule has 1 amide bonds. The van der Waals surface area contributed by atoms with Crippen LogP contribution in [0.1, 0.15) is 36.8 Å². The van der Waals surface area contributed by atoms with Crippen LogP contribution in [0.25, 0.3) is 0 Å². The van der Waals surface area contributed by atoms with Gasteiger partial charge in [0.25, 0.3) is 0 Å². The van der Waals surface area contributed by atoms with Gasteiger partial charge >= 0.3 is 13.7 Å². The van der Waals surface area contributed by atoms with Crippen molar-refractivity contribution in [1.29, 1.82) is 0 Å². The Morgan fingerprint density at radius 1 is 1.26 bits per heavy atom. The summed E-state index contributed by atoms with van der Waals surface area (Å²) in [5.74, 6) is -1.22. The topological polar surface area (TPSA) is 95.9 Å². The van der Waals surface area contributed by atoms with Gasteiger partial charge < -0.3 is 20.1 Å². The van der Waals surface area contributed by atoms with Gasteiger partial charge in [0.15, 0.2) is 0 Å². The van der Waals surface area contributed by atoms with Gasteiger partial charge in [-0.15, -0.1) is 0 Å². The number of carboxylic acid groups (broad SMARTS) is 1. The van der Waals surface area contributed by atoms with Crippen molar-refractivity contribution >= 4 is 30.9 Å². The Morgan fingerprint density at radius 3 is 2.59 bits per heavy atom. The van der Waals surface area contributed by atoms with Crippen molar-refractivity contribution in [3.8, 4) is 0 Å². The van der Waals surface area contributed by atoms with E-state index in [0.717, 1.165) is 11.1 Å². The minimum Gasteiger partial charge on any atom is -0.481 e. The first-order valence-electron chi connectivity index (χ1n) is 8.79. The van der Waals surface area contributed by atoms with E-state index in [1.54, 1.807) is 11.3 Å². The van der Waals surface area contributed by atoms with Crippen LogP contribution in [0.2, 0.25) is 0 Å². The van der Waals surface area contributed by atoms with Gasteiger partial charge in [-0.05, 0) is 41.3 Å². The Labute approximate surface area is 163 Å². The Hall–Kier alpha value is -2.16. The minimum absolute atomic E-state index is 0.0836. The van der Waals surface area contributed by atoms with E-state index >= 15 is 0 Å². The number of hydrogen-bond acceptors (Lipinski definition) is 5. The minimum atomic E-state index is -0.991. The first kappa shape index (κ1) is 21.1. The second-order valence-corrected chi connectivity index (χ2v) is 7.21. The fourth-order valence-electron chi connectivity index (χ4n) is 3.11. The van der Waals surface area contributed by atoms with Crippen LogP contribution >= 0.6 is 11.3 Å². The van der Waals surface area contributed by atoms with Crippen molar-refractivity contribution in [2.45, 2.75) is 44.2 Å². The fourth-order valence-corrected chi connectivity index (χ4v) is 3.78. The molecule has 0 bridgehead atoms. The molecule has 2 aromatic rings. The molecule has 3 N–H and O–H groups in total. The number of hydrogen-bond donors (Lipinski definition) is 3. The predicted molar refractivity (Wildman–Crippen MR) is 106 cm³/mol. The van der Waals surface area contributed by atoms with E-state index in [4.69, 9.17) is 14.8 Å². The van der Waals surface area contributed by atoms with Gasteiger partial charge in [-0.25, -0.2) is 0 Å². The van der Waals surface area contributed by atoms with Crippen molar-refractivity contribution in [3.63, 3.8) is 0 Å². The standard InChI is InChI=1S/C19H24BNO5S/c1-13(21-18(22)9-14-7-8-27-12-14)17(15-5-3-2-4-6-15)10-16(26-20-25)11-19(23)24/h2-8,12-13,16-17,20,25H,9-11H2,1H3,(H,21,22)(H,23,24)/t13-,16?,17?/m1/s1. The van der Waals surface area contributed by atoms with Crippen LogP contribution in [0, 0.1) is 0 Å². The number of carbonyl (C=O) groups excluding carboxylic acids is 1. The molecule has 144 valence electrons. The Morgan fingerprint density at radius 2 is 2.00 bits per heavy atom. The number of benzene rings is 1. The van der Waals surface area contributed by atoms with E-state index in [1.165, 1.54) is 0 Å². The first-order valence-corrected chi connectivity index (χ1v) is 9.73. The van der Waals surface area contributed by atoms with Crippen molar-refractivity contribution in [3.05, 3.63) is 58.3 Å². The zero-order valence-electron chi connectivity index (χ0n) is 15.2. The zero-order valence-corrected chi connectivity index (χ0v) is 16.0. The molecule has 1 aromatic carbocycles. The molecule has 1 aromatic heterocycles. The molecule has 6 nitrogen and oxygen atoms in total. The summed E-state index contributed by atoms with van der Waals surface area (Å²) < 4.78 is 5.21. The normalized spacial score (nSPS) is 14.1. The first-order chi connectivity index (χ1) is 13.0. The van der Waals surface area contributed by atoms with Crippen molar-refractivity contribution in [1.82, 2.24) is 5.32 Å². The van der Waals surface area contributed by atoms with Gasteiger partial charge in [-0.2, -0.15) is 11.3 Å². The molecule has 0 aliphatic heterocycles. The molecular weight excluding hydrogens is 365 g/mol. The molecule has 0 saturated carbocycles. The molecule has 0 aliphatic rings. The molecule has 2 unspecified atom stereocenters. The average molecular weight is 389 g/mol. The summed E-state index contributed by atoms with van der Waals surface area (Å²) in [6.45, 7) is 1.90. The van der Waals surface area contributed by atoms with E-state index in [2.05, 4.69) is 5.32 Å². The Balaban J connectivity index is 2.10. The highest BCUT2D eigenvalue weighted by Gasteiger charge is 2.26. The maximum absolute atomic E-state index is 12.4. The molecule has 0 spiro atoms. The molecule has 27 heavy (non-hydrogen) atoms. The van der Waals surface area contributed by atoms with Crippen LogP contribution in [0.4, 0.5) is 0 Å². The number of amides is 1. The third-order valence-electron chi connectivity index (χ3n) is 4.39. The molecule has 0 fully saturated rings. The number of carbonyl (C=O) groups is 2. The summed E-state index contributed by atoms with van der Waals surface area (Å²) in [6, 6.07) is 11.3. The van der Waals surface area contributed by atoms with E-state index in [1.807, 2.05) is 54.1 Å². The van der Waals surface area contributed by atoms with E-state index in [-0.39, 0.29) is 24.3 Å². The summed E-state index contributed by atoms with van der Waals surface area (Å²) in [4.78, 5) is 23.5. The molecular formula is C19H24BNO5S. The Bertz CT molecular complexity index is 710. The summed E-state index contributed by atoms with van der Waals surface area (Å²) in [7, 11) is -0.543. The van der Waals surface area contributed by atoms with Crippen LogP contribution in [0.15, 0.2) is 47.2 Å². The van der Waals surface area contributed by atoms with Gasteiger partial charge in [-0.1, -0.05) is 30.3 Å². The predicted octanol–water partition coefficient (Wildman–Crippen LogP) is 2.09. The van der Waals surface area contributed by atoms with Gasteiger partial charge in [0.1, 0.15) is 0 Å². The lowest BCUT2D eigenvalue weighted by Crippen LogP contribution is -2.39. The van der Waals surface area contributed by atoms with Gasteiger partial charge in [0, 0.05) is 12.0 Å². The number of carboxylic acids is 1. The second-order valence-electron chi connectivity index (χ2n) is 6.43. The third-order valence-corrected chi connectivity index (χ3v) is 5.13. The number of nitrogens with one attached hydrogen (secondary N) is 1. The van der Waals surface area contributed by atoms with E-state index < -0.39 is 19.8 Å². The van der Waals surface area contributed by atoms with Crippen molar-refractivity contribution in [2.24, 2.45) is 0 Å². The lowest BCUT2D eigenvalue weighted by atomic mass is 9.86. The summed E-state index contributed by atoms with van der Waals surface area (Å²) >= 11 is 1.55. The summed E-state index contributed by atoms with van der Waals surface area (Å²) in [5, 5.41) is 25.1. The molecule has 8 heteroatoms. The highest BCUT2D eigenvalue weighted by molar-refractivity contribution is 7.08. The molecule has 1 heterocycles. The quantitative estimate of drug-likeness (QED) is 0.512. The summed E-state index contributed by atoms with van der Waals surface area (Å²) in [5.41, 5.74) is 1.95. The van der Waals surface area contributed by atoms with Crippen molar-refractivity contribution in [2.75, 3.05) is 0 Å². The van der Waals surface area contributed by atoms with Crippen LogP contribution in [0.3, 0.4) is 0 Å². The van der Waals surface area contributed by atoms with Gasteiger partial charge in [0.05, 0.1) is 18.9 Å². The number of aliphatic carboxylic acids is 1. The van der Waals surface area contributed by atoms with Crippen LogP contribution < -0.4 is 5.32 Å². The van der Waals surface area contributed by atoms with Crippen LogP contribution in [-0.2, 0) is 20.7 Å². The monoisotopic (exact) mass is 389 g/mol.